The van der Waals surface area contributed by atoms with Crippen molar-refractivity contribution in [1.82, 2.24) is 20.6 Å². The Labute approximate surface area is 143 Å². The smallest absolute Gasteiger partial charge is 0.232 e. The van der Waals surface area contributed by atoms with Crippen molar-refractivity contribution in [2.24, 2.45) is 0 Å². The third-order valence-corrected chi connectivity index (χ3v) is 3.67. The van der Waals surface area contributed by atoms with Crippen molar-refractivity contribution in [2.75, 3.05) is 12.4 Å². The molecule has 25 heavy (non-hydrogen) atoms. The number of hydrogen-bond donors (Lipinski definition) is 1. The van der Waals surface area contributed by atoms with E-state index in [4.69, 9.17) is 4.74 Å². The van der Waals surface area contributed by atoms with E-state index in [1.54, 1.807) is 7.11 Å². The number of ether oxygens (including phenoxy) is 1. The average molecular weight is 340 g/mol. The Bertz CT molecular complexity index is 819. The van der Waals surface area contributed by atoms with E-state index >= 15 is 0 Å². The molecular formula is C17H15FN5O2-. The van der Waals surface area contributed by atoms with Crippen LogP contribution in [0.25, 0.3) is 0 Å². The lowest BCUT2D eigenvalue weighted by Gasteiger charge is -2.17. The average Bonchev–Trinajstić information content (AvgIpc) is 3.16. The summed E-state index contributed by atoms with van der Waals surface area (Å²) in [5, 5.41) is 17.3. The number of hydrogen-bond acceptors (Lipinski definition) is 5. The number of tetrazole rings is 1. The molecule has 0 radical (unpaired) electrons. The number of nitrogens with one attached hydrogen (secondary N) is 1. The summed E-state index contributed by atoms with van der Waals surface area (Å²) >= 11 is 0. The van der Waals surface area contributed by atoms with Crippen molar-refractivity contribution in [1.29, 1.82) is 0 Å². The van der Waals surface area contributed by atoms with Crippen LogP contribution in [-0.2, 0) is 11.2 Å². The topological polar surface area (TPSA) is 91.1 Å². The minimum Gasteiger partial charge on any atom is -0.497 e. The molecule has 0 spiro atoms. The molecule has 3 rings (SSSR count). The van der Waals surface area contributed by atoms with Crippen LogP contribution in [0.5, 0.6) is 5.75 Å². The fourth-order valence-electron chi connectivity index (χ4n) is 2.35. The standard InChI is InChI=1S/C17H16FN5O2/c1-25-14-8-2-11(3-9-14)10-15(16-20-22-23-21-16)17(24)19-13-6-4-12(18)5-7-13/h2-9,15H,10H2,1H3,(H2,19,20,21,22,23,24)/p-1/t15-/m0/s1. The molecule has 1 aromatic heterocycles. The molecule has 0 aliphatic heterocycles. The molecule has 0 saturated heterocycles. The number of carbonyl (C=O) groups is 1. The molecule has 128 valence electrons. The molecule has 2 aromatic carbocycles. The molecule has 1 atom stereocenters. The third kappa shape index (κ3) is 4.17. The van der Waals surface area contributed by atoms with Crippen LogP contribution < -0.4 is 15.2 Å². The first kappa shape index (κ1) is 16.6. The van der Waals surface area contributed by atoms with Crippen LogP contribution >= 0.6 is 0 Å². The van der Waals surface area contributed by atoms with Gasteiger partial charge in [-0.25, -0.2) is 4.39 Å². The van der Waals surface area contributed by atoms with Crippen LogP contribution in [-0.4, -0.2) is 28.5 Å². The Morgan fingerprint density at radius 1 is 1.20 bits per heavy atom. The molecule has 1 N–H and O–H groups in total. The van der Waals surface area contributed by atoms with Gasteiger partial charge in [-0.05, 0) is 48.4 Å². The number of halogens is 1. The third-order valence-electron chi connectivity index (χ3n) is 3.67. The van der Waals surface area contributed by atoms with Crippen molar-refractivity contribution in [3.05, 3.63) is 65.7 Å². The Kier molecular flexibility index (Phi) is 4.98. The zero-order chi connectivity index (χ0) is 17.6. The highest BCUT2D eigenvalue weighted by Gasteiger charge is 2.21. The van der Waals surface area contributed by atoms with Crippen molar-refractivity contribution < 1.29 is 13.9 Å². The lowest BCUT2D eigenvalue weighted by Crippen LogP contribution is -2.24. The second kappa shape index (κ2) is 7.52. The predicted octanol–water partition coefficient (Wildman–Crippen LogP) is 1.94. The highest BCUT2D eigenvalue weighted by atomic mass is 19.1. The summed E-state index contributed by atoms with van der Waals surface area (Å²) in [6, 6.07) is 12.9. The molecule has 1 amide bonds. The maximum atomic E-state index is 13.0. The van der Waals surface area contributed by atoms with Crippen molar-refractivity contribution >= 4 is 11.6 Å². The molecule has 1 heterocycles. The van der Waals surface area contributed by atoms with Crippen molar-refractivity contribution in [3.63, 3.8) is 0 Å². The van der Waals surface area contributed by atoms with E-state index < -0.39 is 5.92 Å². The number of rotatable bonds is 6. The minimum absolute atomic E-state index is 0.232. The fourth-order valence-corrected chi connectivity index (χ4v) is 2.35. The van der Waals surface area contributed by atoms with Crippen LogP contribution in [0, 0.1) is 5.82 Å². The van der Waals surface area contributed by atoms with Crippen molar-refractivity contribution in [3.8, 4) is 5.75 Å². The second-order valence-electron chi connectivity index (χ2n) is 5.34. The normalized spacial score (nSPS) is 11.8. The van der Waals surface area contributed by atoms with Crippen LogP contribution in [0.2, 0.25) is 0 Å². The van der Waals surface area contributed by atoms with Gasteiger partial charge in [-0.2, -0.15) is 5.21 Å². The zero-order valence-corrected chi connectivity index (χ0v) is 13.4. The first-order valence-corrected chi connectivity index (χ1v) is 7.53. The van der Waals surface area contributed by atoms with Gasteiger partial charge < -0.3 is 15.2 Å². The van der Waals surface area contributed by atoms with Crippen LogP contribution in [0.1, 0.15) is 17.3 Å². The number of benzene rings is 2. The number of methoxy groups -OCH3 is 1. The number of aromatic nitrogens is 4. The van der Waals surface area contributed by atoms with E-state index in [2.05, 4.69) is 25.9 Å². The number of anilines is 1. The Morgan fingerprint density at radius 3 is 2.52 bits per heavy atom. The molecule has 0 aliphatic rings. The predicted molar refractivity (Wildman–Crippen MR) is 87.6 cm³/mol. The van der Waals surface area contributed by atoms with E-state index in [0.29, 0.717) is 12.1 Å². The van der Waals surface area contributed by atoms with Crippen LogP contribution in [0.15, 0.2) is 48.5 Å². The van der Waals surface area contributed by atoms with Gasteiger partial charge in [0.2, 0.25) is 5.91 Å². The number of nitrogens with zero attached hydrogens (tertiary/aromatic N) is 4. The Morgan fingerprint density at radius 2 is 1.92 bits per heavy atom. The maximum Gasteiger partial charge on any atom is 0.232 e. The summed E-state index contributed by atoms with van der Waals surface area (Å²) in [6.45, 7) is 0. The summed E-state index contributed by atoms with van der Waals surface area (Å²) < 4.78 is 18.1. The number of carbonyl (C=O) groups excluding carboxylic acids is 1. The molecular weight excluding hydrogens is 325 g/mol. The Balaban J connectivity index is 1.79. The summed E-state index contributed by atoms with van der Waals surface area (Å²) in [6.07, 6.45) is 0.365. The van der Waals surface area contributed by atoms with Gasteiger partial charge in [-0.3, -0.25) is 15.1 Å². The second-order valence-corrected chi connectivity index (χ2v) is 5.34. The van der Waals surface area contributed by atoms with Gasteiger partial charge in [0.1, 0.15) is 11.6 Å². The molecule has 3 aromatic rings. The van der Waals surface area contributed by atoms with Gasteiger partial charge >= 0.3 is 0 Å². The lowest BCUT2D eigenvalue weighted by molar-refractivity contribution is -0.117. The summed E-state index contributed by atoms with van der Waals surface area (Å²) in [7, 11) is 1.59. The molecule has 8 heteroatoms. The van der Waals surface area contributed by atoms with Gasteiger partial charge in [0.05, 0.1) is 13.0 Å². The summed E-state index contributed by atoms with van der Waals surface area (Å²) in [4.78, 5) is 12.7. The molecule has 0 aliphatic carbocycles. The summed E-state index contributed by atoms with van der Waals surface area (Å²) in [5.74, 6) is -0.411. The zero-order valence-electron chi connectivity index (χ0n) is 13.4. The van der Waals surface area contributed by atoms with Gasteiger partial charge in [-0.1, -0.05) is 12.1 Å². The van der Waals surface area contributed by atoms with Crippen LogP contribution in [0.4, 0.5) is 10.1 Å². The van der Waals surface area contributed by atoms with E-state index in [-0.39, 0.29) is 17.5 Å². The molecule has 0 unspecified atom stereocenters. The van der Waals surface area contributed by atoms with E-state index in [1.165, 1.54) is 24.3 Å². The maximum absolute atomic E-state index is 13.0. The molecule has 0 saturated carbocycles. The molecule has 7 nitrogen and oxygen atoms in total. The summed E-state index contributed by atoms with van der Waals surface area (Å²) in [5.41, 5.74) is 1.39. The quantitative estimate of drug-likeness (QED) is 0.737. The lowest BCUT2D eigenvalue weighted by atomic mass is 9.97. The van der Waals surface area contributed by atoms with Crippen molar-refractivity contribution in [2.45, 2.75) is 12.3 Å². The first-order chi connectivity index (χ1) is 12.2. The van der Waals surface area contributed by atoms with E-state index in [1.807, 2.05) is 24.3 Å². The first-order valence-electron chi connectivity index (χ1n) is 7.53. The SMILES string of the molecule is COc1ccc(C[C@H](C(=O)Nc2ccc(F)cc2)c2nnn[n-]2)cc1. The largest absolute Gasteiger partial charge is 0.497 e. The van der Waals surface area contributed by atoms with Crippen LogP contribution in [0.3, 0.4) is 0 Å². The minimum atomic E-state index is -0.673. The highest BCUT2D eigenvalue weighted by molar-refractivity contribution is 5.95. The van der Waals surface area contributed by atoms with Gasteiger partial charge in [0.15, 0.2) is 0 Å². The van der Waals surface area contributed by atoms with Gasteiger partial charge in [0, 0.05) is 11.5 Å². The van der Waals surface area contributed by atoms with E-state index in [9.17, 15) is 9.18 Å². The molecule has 0 bridgehead atoms. The Hall–Kier alpha value is -3.29. The monoisotopic (exact) mass is 340 g/mol. The fraction of sp³-hybridized carbons (Fsp3) is 0.176. The van der Waals surface area contributed by atoms with E-state index in [0.717, 1.165) is 11.3 Å². The highest BCUT2D eigenvalue weighted by Crippen LogP contribution is 2.21. The number of amides is 1. The van der Waals surface area contributed by atoms with Gasteiger partial charge in [0.25, 0.3) is 0 Å². The molecule has 0 fully saturated rings. The van der Waals surface area contributed by atoms with Gasteiger partial charge in [-0.15, -0.1) is 0 Å².